The Kier molecular flexibility index (Phi) is 3.64. The molecule has 4 N–H and O–H groups in total. The molecule has 4 nitrogen and oxygen atoms in total. The van der Waals surface area contributed by atoms with Crippen LogP contribution < -0.4 is 16.2 Å². The molecule has 0 aliphatic heterocycles. The van der Waals surface area contributed by atoms with E-state index in [4.69, 9.17) is 20.6 Å². The molecule has 0 amide bonds. The Hall–Kier alpha value is -1.78. The van der Waals surface area contributed by atoms with Gasteiger partial charge in [-0.25, -0.2) is 0 Å². The average molecular weight is 260 g/mol. The molecule has 0 bridgehead atoms. The summed E-state index contributed by atoms with van der Waals surface area (Å²) >= 11 is 0. The highest BCUT2D eigenvalue weighted by Crippen LogP contribution is 2.34. The third-order valence-corrected chi connectivity index (χ3v) is 3.07. The van der Waals surface area contributed by atoms with Crippen molar-refractivity contribution in [1.29, 1.82) is 0 Å². The van der Waals surface area contributed by atoms with Crippen molar-refractivity contribution in [2.45, 2.75) is 25.9 Å². The van der Waals surface area contributed by atoms with E-state index in [0.717, 1.165) is 28.4 Å². The van der Waals surface area contributed by atoms with Gasteiger partial charge in [0.05, 0.1) is 19.2 Å². The van der Waals surface area contributed by atoms with Gasteiger partial charge in [-0.3, -0.25) is 0 Å². The zero-order chi connectivity index (χ0) is 14.0. The van der Waals surface area contributed by atoms with Crippen molar-refractivity contribution in [2.75, 3.05) is 7.11 Å². The second-order valence-corrected chi connectivity index (χ2v) is 5.11. The molecule has 0 aliphatic rings. The van der Waals surface area contributed by atoms with Gasteiger partial charge < -0.3 is 20.6 Å². The van der Waals surface area contributed by atoms with Crippen LogP contribution in [0.3, 0.4) is 0 Å². The Balaban J connectivity index is 2.53. The number of furan rings is 1. The third-order valence-electron chi connectivity index (χ3n) is 3.07. The zero-order valence-electron chi connectivity index (χ0n) is 11.6. The molecule has 1 heterocycles. The molecule has 19 heavy (non-hydrogen) atoms. The summed E-state index contributed by atoms with van der Waals surface area (Å²) in [5.74, 6) is 2.24. The number of nitrogens with two attached hydrogens (primary N) is 2. The highest BCUT2D eigenvalue weighted by molar-refractivity contribution is 5.67. The maximum Gasteiger partial charge on any atom is 0.138 e. The van der Waals surface area contributed by atoms with E-state index in [1.165, 1.54) is 0 Å². The fourth-order valence-electron chi connectivity index (χ4n) is 1.93. The lowest BCUT2D eigenvalue weighted by atomic mass is 9.93. The largest absolute Gasteiger partial charge is 0.496 e. The summed E-state index contributed by atoms with van der Waals surface area (Å²) in [7, 11) is 1.64. The standard InChI is InChI=1S/C15H20N2O2/c1-15(2,17)10-4-6-13(18-3)12(8-10)14-7-5-11(9-16)19-14/h4-8H,9,16-17H2,1-3H3. The number of hydrogen-bond acceptors (Lipinski definition) is 4. The van der Waals surface area contributed by atoms with Crippen molar-refractivity contribution in [3.05, 3.63) is 41.7 Å². The minimum absolute atomic E-state index is 0.379. The SMILES string of the molecule is COc1ccc(C(C)(C)N)cc1-c1ccc(CN)o1. The van der Waals surface area contributed by atoms with Crippen LogP contribution in [-0.2, 0) is 12.1 Å². The van der Waals surface area contributed by atoms with E-state index >= 15 is 0 Å². The van der Waals surface area contributed by atoms with E-state index in [1.54, 1.807) is 7.11 Å². The molecule has 0 spiro atoms. The van der Waals surface area contributed by atoms with Gasteiger partial charge in [0, 0.05) is 5.54 Å². The smallest absolute Gasteiger partial charge is 0.138 e. The second-order valence-electron chi connectivity index (χ2n) is 5.11. The Morgan fingerprint density at radius 2 is 1.95 bits per heavy atom. The molecular weight excluding hydrogens is 240 g/mol. The molecular formula is C15H20N2O2. The fourth-order valence-corrected chi connectivity index (χ4v) is 1.93. The Morgan fingerprint density at radius 3 is 2.47 bits per heavy atom. The van der Waals surface area contributed by atoms with E-state index in [9.17, 15) is 0 Å². The Morgan fingerprint density at radius 1 is 1.21 bits per heavy atom. The van der Waals surface area contributed by atoms with Crippen LogP contribution in [0.15, 0.2) is 34.7 Å². The van der Waals surface area contributed by atoms with Gasteiger partial charge in [-0.1, -0.05) is 6.07 Å². The van der Waals surface area contributed by atoms with E-state index in [1.807, 2.05) is 44.2 Å². The van der Waals surface area contributed by atoms with Gasteiger partial charge in [0.1, 0.15) is 17.3 Å². The first-order valence-corrected chi connectivity index (χ1v) is 6.22. The minimum atomic E-state index is -0.412. The van der Waals surface area contributed by atoms with Gasteiger partial charge in [-0.15, -0.1) is 0 Å². The van der Waals surface area contributed by atoms with Crippen molar-refractivity contribution in [1.82, 2.24) is 0 Å². The first-order valence-electron chi connectivity index (χ1n) is 6.22. The molecule has 102 valence electrons. The van der Waals surface area contributed by atoms with Crippen LogP contribution in [0.1, 0.15) is 25.2 Å². The number of benzene rings is 1. The Bertz CT molecular complexity index is 568. The molecule has 4 heteroatoms. The van der Waals surface area contributed by atoms with Gasteiger partial charge >= 0.3 is 0 Å². The minimum Gasteiger partial charge on any atom is -0.496 e. The molecule has 0 aliphatic carbocycles. The zero-order valence-corrected chi connectivity index (χ0v) is 11.6. The van der Waals surface area contributed by atoms with Crippen molar-refractivity contribution >= 4 is 0 Å². The first kappa shape index (κ1) is 13.6. The fraction of sp³-hybridized carbons (Fsp3) is 0.333. The van der Waals surface area contributed by atoms with E-state index in [0.29, 0.717) is 6.54 Å². The van der Waals surface area contributed by atoms with Crippen LogP contribution in [0.2, 0.25) is 0 Å². The van der Waals surface area contributed by atoms with Crippen molar-refractivity contribution in [3.63, 3.8) is 0 Å². The van der Waals surface area contributed by atoms with Crippen molar-refractivity contribution < 1.29 is 9.15 Å². The van der Waals surface area contributed by atoms with E-state index in [-0.39, 0.29) is 0 Å². The molecule has 1 aromatic carbocycles. The molecule has 0 atom stereocenters. The predicted octanol–water partition coefficient (Wildman–Crippen LogP) is 2.61. The van der Waals surface area contributed by atoms with Gasteiger partial charge in [0.2, 0.25) is 0 Å². The van der Waals surface area contributed by atoms with Crippen LogP contribution in [0.4, 0.5) is 0 Å². The normalized spacial score (nSPS) is 11.6. The van der Waals surface area contributed by atoms with Gasteiger partial charge in [-0.05, 0) is 43.7 Å². The third kappa shape index (κ3) is 2.80. The topological polar surface area (TPSA) is 74.4 Å². The molecule has 0 radical (unpaired) electrons. The summed E-state index contributed by atoms with van der Waals surface area (Å²) in [4.78, 5) is 0. The van der Waals surface area contributed by atoms with Crippen LogP contribution >= 0.6 is 0 Å². The van der Waals surface area contributed by atoms with Crippen LogP contribution in [0.5, 0.6) is 5.75 Å². The number of hydrogen-bond donors (Lipinski definition) is 2. The summed E-state index contributed by atoms with van der Waals surface area (Å²) in [5, 5.41) is 0. The molecule has 1 aromatic heterocycles. The van der Waals surface area contributed by atoms with Crippen LogP contribution in [0, 0.1) is 0 Å². The second kappa shape index (κ2) is 5.07. The Labute approximate surface area is 113 Å². The van der Waals surface area contributed by atoms with E-state index in [2.05, 4.69) is 0 Å². The monoisotopic (exact) mass is 260 g/mol. The summed E-state index contributed by atoms with van der Waals surface area (Å²) in [6.45, 7) is 4.31. The molecule has 2 aromatic rings. The quantitative estimate of drug-likeness (QED) is 0.886. The van der Waals surface area contributed by atoms with Crippen LogP contribution in [0.25, 0.3) is 11.3 Å². The average Bonchev–Trinajstić information content (AvgIpc) is 2.85. The summed E-state index contributed by atoms with van der Waals surface area (Å²) < 4.78 is 11.1. The maximum absolute atomic E-state index is 6.14. The lowest BCUT2D eigenvalue weighted by Crippen LogP contribution is -2.28. The summed E-state index contributed by atoms with van der Waals surface area (Å²) in [6, 6.07) is 9.64. The highest BCUT2D eigenvalue weighted by Gasteiger charge is 2.18. The molecule has 2 rings (SSSR count). The molecule has 0 unspecified atom stereocenters. The van der Waals surface area contributed by atoms with Gasteiger partial charge in [0.15, 0.2) is 0 Å². The van der Waals surface area contributed by atoms with Crippen molar-refractivity contribution in [2.24, 2.45) is 11.5 Å². The lowest BCUT2D eigenvalue weighted by Gasteiger charge is -2.20. The van der Waals surface area contributed by atoms with E-state index < -0.39 is 5.54 Å². The summed E-state index contributed by atoms with van der Waals surface area (Å²) in [6.07, 6.45) is 0. The summed E-state index contributed by atoms with van der Waals surface area (Å²) in [5.41, 5.74) is 13.2. The molecule has 0 fully saturated rings. The molecule has 0 saturated carbocycles. The molecule has 0 saturated heterocycles. The number of methoxy groups -OCH3 is 1. The predicted molar refractivity (Wildman–Crippen MR) is 75.8 cm³/mol. The van der Waals surface area contributed by atoms with Crippen molar-refractivity contribution in [3.8, 4) is 17.1 Å². The van der Waals surface area contributed by atoms with Gasteiger partial charge in [0.25, 0.3) is 0 Å². The van der Waals surface area contributed by atoms with Gasteiger partial charge in [-0.2, -0.15) is 0 Å². The number of rotatable bonds is 4. The number of ether oxygens (including phenoxy) is 1. The highest BCUT2D eigenvalue weighted by atomic mass is 16.5. The van der Waals surface area contributed by atoms with Crippen LogP contribution in [-0.4, -0.2) is 7.11 Å². The lowest BCUT2D eigenvalue weighted by molar-refractivity contribution is 0.413. The first-order chi connectivity index (χ1) is 8.95. The maximum atomic E-state index is 6.14.